The summed E-state index contributed by atoms with van der Waals surface area (Å²) in [5.74, 6) is 1.16. The van der Waals surface area contributed by atoms with E-state index in [0.717, 1.165) is 36.1 Å². The quantitative estimate of drug-likeness (QED) is 0.781. The fourth-order valence-corrected chi connectivity index (χ4v) is 3.27. The molecule has 6 nitrogen and oxygen atoms in total. The van der Waals surface area contributed by atoms with Gasteiger partial charge in [0.1, 0.15) is 0 Å². The van der Waals surface area contributed by atoms with E-state index in [-0.39, 0.29) is 11.9 Å². The molecule has 1 aromatic carbocycles. The molecule has 0 spiro atoms. The van der Waals surface area contributed by atoms with Crippen LogP contribution in [-0.4, -0.2) is 21.0 Å². The SMILES string of the molecule is CCc1nc(-c2ccc3c(c2)CCC3NC(=O)c2ccc(C)nc2)no1. The maximum atomic E-state index is 12.5. The standard InChI is InChI=1S/C20H20N4O2/c1-3-18-23-19(24-26-18)14-6-8-16-13(10-14)7-9-17(16)22-20(25)15-5-4-12(2)21-11-15/h4-6,8,10-11,17H,3,7,9H2,1-2H3,(H,22,25). The first-order chi connectivity index (χ1) is 12.6. The van der Waals surface area contributed by atoms with Gasteiger partial charge in [0.15, 0.2) is 0 Å². The van der Waals surface area contributed by atoms with Gasteiger partial charge in [0, 0.05) is 23.9 Å². The predicted octanol–water partition coefficient (Wildman–Crippen LogP) is 3.42. The minimum atomic E-state index is -0.0924. The number of hydrogen-bond acceptors (Lipinski definition) is 5. The van der Waals surface area contributed by atoms with Crippen molar-refractivity contribution in [3.05, 3.63) is 64.8 Å². The number of benzene rings is 1. The lowest BCUT2D eigenvalue weighted by atomic mass is 10.0. The van der Waals surface area contributed by atoms with E-state index in [1.807, 2.05) is 26.0 Å². The lowest BCUT2D eigenvalue weighted by molar-refractivity contribution is 0.0936. The van der Waals surface area contributed by atoms with Gasteiger partial charge < -0.3 is 9.84 Å². The maximum absolute atomic E-state index is 12.5. The molecule has 1 aliphatic carbocycles. The number of pyridine rings is 1. The topological polar surface area (TPSA) is 80.9 Å². The molecule has 1 unspecified atom stereocenters. The summed E-state index contributed by atoms with van der Waals surface area (Å²) < 4.78 is 5.19. The van der Waals surface area contributed by atoms with Crippen LogP contribution in [0.3, 0.4) is 0 Å². The molecule has 1 amide bonds. The monoisotopic (exact) mass is 348 g/mol. The van der Waals surface area contributed by atoms with Gasteiger partial charge in [-0.05, 0) is 49.1 Å². The molecule has 0 aliphatic heterocycles. The van der Waals surface area contributed by atoms with Crippen LogP contribution in [0.25, 0.3) is 11.4 Å². The highest BCUT2D eigenvalue weighted by molar-refractivity contribution is 5.94. The second-order valence-electron chi connectivity index (χ2n) is 6.53. The van der Waals surface area contributed by atoms with Crippen LogP contribution in [-0.2, 0) is 12.8 Å². The molecule has 0 bridgehead atoms. The zero-order valence-corrected chi connectivity index (χ0v) is 14.8. The Balaban J connectivity index is 1.52. The van der Waals surface area contributed by atoms with E-state index in [9.17, 15) is 4.79 Å². The van der Waals surface area contributed by atoms with Crippen LogP contribution in [0.5, 0.6) is 0 Å². The molecular formula is C20H20N4O2. The second-order valence-corrected chi connectivity index (χ2v) is 6.53. The number of aromatic nitrogens is 3. The number of hydrogen-bond donors (Lipinski definition) is 1. The average Bonchev–Trinajstić information content (AvgIpc) is 3.29. The molecule has 4 rings (SSSR count). The molecule has 6 heteroatoms. The number of amides is 1. The summed E-state index contributed by atoms with van der Waals surface area (Å²) in [5.41, 5.74) is 4.80. The van der Waals surface area contributed by atoms with Crippen molar-refractivity contribution in [1.29, 1.82) is 0 Å². The van der Waals surface area contributed by atoms with Crippen molar-refractivity contribution in [3.8, 4) is 11.4 Å². The van der Waals surface area contributed by atoms with E-state index in [1.54, 1.807) is 12.3 Å². The summed E-state index contributed by atoms with van der Waals surface area (Å²) in [7, 11) is 0. The van der Waals surface area contributed by atoms with Crippen LogP contribution in [0.2, 0.25) is 0 Å². The molecule has 0 saturated carbocycles. The van der Waals surface area contributed by atoms with Gasteiger partial charge in [-0.3, -0.25) is 9.78 Å². The Bertz CT molecular complexity index is 947. The van der Waals surface area contributed by atoms with Crippen molar-refractivity contribution in [2.75, 3.05) is 0 Å². The highest BCUT2D eigenvalue weighted by atomic mass is 16.5. The molecule has 2 aromatic heterocycles. The van der Waals surface area contributed by atoms with Gasteiger partial charge >= 0.3 is 0 Å². The molecule has 2 heterocycles. The van der Waals surface area contributed by atoms with E-state index >= 15 is 0 Å². The van der Waals surface area contributed by atoms with Crippen molar-refractivity contribution in [2.24, 2.45) is 0 Å². The molecule has 1 atom stereocenters. The molecule has 0 saturated heterocycles. The molecule has 132 valence electrons. The fourth-order valence-electron chi connectivity index (χ4n) is 3.27. The van der Waals surface area contributed by atoms with Crippen molar-refractivity contribution in [3.63, 3.8) is 0 Å². The largest absolute Gasteiger partial charge is 0.345 e. The van der Waals surface area contributed by atoms with Gasteiger partial charge in [-0.15, -0.1) is 0 Å². The Hall–Kier alpha value is -3.02. The van der Waals surface area contributed by atoms with Gasteiger partial charge in [-0.2, -0.15) is 4.98 Å². The number of carbonyl (C=O) groups is 1. The summed E-state index contributed by atoms with van der Waals surface area (Å²) >= 11 is 0. The van der Waals surface area contributed by atoms with Gasteiger partial charge in [0.05, 0.1) is 11.6 Å². The van der Waals surface area contributed by atoms with Crippen LogP contribution in [0.1, 0.15) is 52.5 Å². The Morgan fingerprint density at radius 2 is 2.19 bits per heavy atom. The Morgan fingerprint density at radius 3 is 2.92 bits per heavy atom. The van der Waals surface area contributed by atoms with Crippen LogP contribution in [0.15, 0.2) is 41.1 Å². The lowest BCUT2D eigenvalue weighted by Crippen LogP contribution is -2.27. The molecule has 1 aliphatic rings. The van der Waals surface area contributed by atoms with Crippen molar-refractivity contribution < 1.29 is 9.32 Å². The van der Waals surface area contributed by atoms with E-state index in [0.29, 0.717) is 17.3 Å². The van der Waals surface area contributed by atoms with Gasteiger partial charge in [0.2, 0.25) is 11.7 Å². The number of aryl methyl sites for hydroxylation is 3. The average molecular weight is 348 g/mol. The molecule has 26 heavy (non-hydrogen) atoms. The molecular weight excluding hydrogens is 328 g/mol. The zero-order valence-electron chi connectivity index (χ0n) is 14.8. The molecule has 0 fully saturated rings. The Labute approximate surface area is 151 Å². The lowest BCUT2D eigenvalue weighted by Gasteiger charge is -2.14. The van der Waals surface area contributed by atoms with Crippen molar-refractivity contribution in [1.82, 2.24) is 20.4 Å². The number of fused-ring (bicyclic) bond motifs is 1. The number of nitrogens with one attached hydrogen (secondary N) is 1. The van der Waals surface area contributed by atoms with Crippen LogP contribution < -0.4 is 5.32 Å². The van der Waals surface area contributed by atoms with Crippen molar-refractivity contribution in [2.45, 2.75) is 39.2 Å². The highest BCUT2D eigenvalue weighted by Gasteiger charge is 2.25. The predicted molar refractivity (Wildman–Crippen MR) is 96.6 cm³/mol. The van der Waals surface area contributed by atoms with E-state index < -0.39 is 0 Å². The van der Waals surface area contributed by atoms with Crippen molar-refractivity contribution >= 4 is 5.91 Å². The maximum Gasteiger partial charge on any atom is 0.253 e. The summed E-state index contributed by atoms with van der Waals surface area (Å²) in [5, 5.41) is 7.15. The summed E-state index contributed by atoms with van der Waals surface area (Å²) in [6.45, 7) is 3.89. The third kappa shape index (κ3) is 3.10. The minimum Gasteiger partial charge on any atom is -0.345 e. The Morgan fingerprint density at radius 1 is 1.31 bits per heavy atom. The van der Waals surface area contributed by atoms with E-state index in [2.05, 4.69) is 32.6 Å². The minimum absolute atomic E-state index is 0.0179. The third-order valence-electron chi connectivity index (χ3n) is 4.73. The third-order valence-corrected chi connectivity index (χ3v) is 4.73. The fraction of sp³-hybridized carbons (Fsp3) is 0.300. The van der Waals surface area contributed by atoms with Crippen LogP contribution in [0.4, 0.5) is 0 Å². The number of carbonyl (C=O) groups excluding carboxylic acids is 1. The first kappa shape index (κ1) is 16.4. The highest BCUT2D eigenvalue weighted by Crippen LogP contribution is 2.33. The Kier molecular flexibility index (Phi) is 4.24. The van der Waals surface area contributed by atoms with E-state index in [1.165, 1.54) is 5.56 Å². The zero-order chi connectivity index (χ0) is 18.1. The van der Waals surface area contributed by atoms with Gasteiger partial charge in [0.25, 0.3) is 5.91 Å². The molecule has 0 radical (unpaired) electrons. The van der Waals surface area contributed by atoms with Gasteiger partial charge in [-0.25, -0.2) is 0 Å². The van der Waals surface area contributed by atoms with Crippen LogP contribution in [0, 0.1) is 6.92 Å². The van der Waals surface area contributed by atoms with Crippen LogP contribution >= 0.6 is 0 Å². The summed E-state index contributed by atoms with van der Waals surface area (Å²) in [6, 6.07) is 9.81. The van der Waals surface area contributed by atoms with E-state index in [4.69, 9.17) is 4.52 Å². The first-order valence-electron chi connectivity index (χ1n) is 8.83. The second kappa shape index (κ2) is 6.71. The smallest absolute Gasteiger partial charge is 0.253 e. The molecule has 3 aromatic rings. The molecule has 1 N–H and O–H groups in total. The number of nitrogens with zero attached hydrogens (tertiary/aromatic N) is 3. The normalized spacial score (nSPS) is 15.7. The number of rotatable bonds is 4. The summed E-state index contributed by atoms with van der Waals surface area (Å²) in [6.07, 6.45) is 4.14. The van der Waals surface area contributed by atoms with Gasteiger partial charge in [-0.1, -0.05) is 24.2 Å². The first-order valence-corrected chi connectivity index (χ1v) is 8.83. The summed E-state index contributed by atoms with van der Waals surface area (Å²) in [4.78, 5) is 21.0.